The van der Waals surface area contributed by atoms with Crippen LogP contribution < -0.4 is 32.8 Å². The molecule has 10 aromatic rings. The van der Waals surface area contributed by atoms with E-state index < -0.39 is 0 Å². The zero-order valence-corrected chi connectivity index (χ0v) is 53.5. The Kier molecular flexibility index (Phi) is 10.8. The van der Waals surface area contributed by atoms with Crippen molar-refractivity contribution in [2.24, 2.45) is 0 Å². The minimum Gasteiger partial charge on any atom is -0.0661 e. The third kappa shape index (κ3) is 7.43. The van der Waals surface area contributed by atoms with E-state index in [4.69, 9.17) is 0 Å². The molecule has 2 heteroatoms. The van der Waals surface area contributed by atoms with Gasteiger partial charge in [-0.15, -0.1) is 0 Å². The van der Waals surface area contributed by atoms with Crippen LogP contribution in [0.2, 0.25) is 0 Å². The maximum absolute atomic E-state index is 2.77. The smallest absolute Gasteiger partial charge is 0.0661 e. The van der Waals surface area contributed by atoms with E-state index in [2.05, 4.69) is 262 Å². The minimum atomic E-state index is -0.160. The maximum Gasteiger partial charge on any atom is 0.244 e. The molecule has 0 fully saturated rings. The Labute approximate surface area is 492 Å². The SMILES string of the molecule is Cc1ccc2c(c1)-c1cc(C)cc3c1B2c1cc2c(-c4c(C(C)(C)C)cc(C(C)(C)C)cc4C(C)(C)C)cc4c5c(cc6c(-c7c(C(C)(C)C)cc(C(C)(C)C)cc7C(C)(C)C)cc-3c1c6c25)B1c2ccc(C)cc2-c2cc(C)cc-4c21. The molecule has 0 aliphatic carbocycles. The molecule has 0 saturated heterocycles. The summed E-state index contributed by atoms with van der Waals surface area (Å²) in [4.78, 5) is 0. The molecule has 0 unspecified atom stereocenters. The highest BCUT2D eigenvalue weighted by Crippen LogP contribution is 2.55. The molecule has 4 heterocycles. The lowest BCUT2D eigenvalue weighted by molar-refractivity contribution is 0.550. The Hall–Kier alpha value is -6.63. The maximum atomic E-state index is 2.77. The summed E-state index contributed by atoms with van der Waals surface area (Å²) in [5.41, 5.74) is 38.6. The summed E-state index contributed by atoms with van der Waals surface area (Å²) in [5, 5.41) is 8.55. The first kappa shape index (κ1) is 53.4. The second-order valence-electron chi connectivity index (χ2n) is 32.5. The van der Waals surface area contributed by atoms with E-state index in [0.29, 0.717) is 0 Å². The normalized spacial score (nSPS) is 14.4. The van der Waals surface area contributed by atoms with Gasteiger partial charge in [-0.2, -0.15) is 0 Å². The zero-order valence-electron chi connectivity index (χ0n) is 53.5. The largest absolute Gasteiger partial charge is 0.244 e. The molecule has 410 valence electrons. The predicted molar refractivity (Wildman–Crippen MR) is 363 cm³/mol. The average Bonchev–Trinajstić information content (AvgIpc) is 1.21. The van der Waals surface area contributed by atoms with E-state index in [9.17, 15) is 0 Å². The fraction of sp³-hybridized carbons (Fsp3) is 0.350. The molecule has 82 heavy (non-hydrogen) atoms. The quantitative estimate of drug-likeness (QED) is 0.120. The molecule has 0 spiro atoms. The monoisotopic (exact) mass is 1070 g/mol. The van der Waals surface area contributed by atoms with Crippen molar-refractivity contribution in [3.63, 3.8) is 0 Å². The lowest BCUT2D eigenvalue weighted by atomic mass is 9.34. The molecule has 10 aromatic carbocycles. The van der Waals surface area contributed by atoms with Gasteiger partial charge in [0.1, 0.15) is 0 Å². The third-order valence-electron chi connectivity index (χ3n) is 20.0. The molecule has 0 nitrogen and oxygen atoms in total. The summed E-state index contributed by atoms with van der Waals surface area (Å²) in [6.45, 7) is 53.4. The molecular formula is C80H84B2. The molecule has 0 N–H and O–H groups in total. The number of hydrogen-bond acceptors (Lipinski definition) is 0. The van der Waals surface area contributed by atoms with Gasteiger partial charge >= 0.3 is 0 Å². The molecule has 0 radical (unpaired) electrons. The van der Waals surface area contributed by atoms with Crippen LogP contribution in [0, 0.1) is 27.7 Å². The number of fused-ring (bicyclic) bond motifs is 10. The number of hydrogen-bond donors (Lipinski definition) is 0. The molecule has 14 rings (SSSR count). The molecule has 0 aromatic heterocycles. The Morgan fingerprint density at radius 3 is 0.829 bits per heavy atom. The molecule has 0 bridgehead atoms. The highest BCUT2D eigenvalue weighted by Gasteiger charge is 2.46. The third-order valence-corrected chi connectivity index (χ3v) is 20.0. The first-order chi connectivity index (χ1) is 38.1. The van der Waals surface area contributed by atoms with E-state index in [-0.39, 0.29) is 45.9 Å². The fourth-order valence-corrected chi connectivity index (χ4v) is 16.0. The van der Waals surface area contributed by atoms with Crippen molar-refractivity contribution >= 4 is 78.5 Å². The first-order valence-electron chi connectivity index (χ1n) is 30.9. The van der Waals surface area contributed by atoms with Crippen molar-refractivity contribution in [3.05, 3.63) is 165 Å². The van der Waals surface area contributed by atoms with Gasteiger partial charge in [-0.05, 0) is 216 Å². The van der Waals surface area contributed by atoms with Crippen LogP contribution in [0.15, 0.2) is 109 Å². The van der Waals surface area contributed by atoms with Crippen LogP contribution in [-0.2, 0) is 32.5 Å². The second kappa shape index (κ2) is 16.6. The fourth-order valence-electron chi connectivity index (χ4n) is 16.0. The van der Waals surface area contributed by atoms with Gasteiger partial charge in [0.25, 0.3) is 0 Å². The predicted octanol–water partition coefficient (Wildman–Crippen LogP) is 17.9. The molecule has 0 atom stereocenters. The van der Waals surface area contributed by atoms with E-state index in [0.717, 1.165) is 0 Å². The first-order valence-corrected chi connectivity index (χ1v) is 30.9. The topological polar surface area (TPSA) is 0 Å². The molecular weight excluding hydrogens is 983 g/mol. The lowest BCUT2D eigenvalue weighted by Crippen LogP contribution is -2.53. The van der Waals surface area contributed by atoms with Crippen molar-refractivity contribution in [2.75, 3.05) is 0 Å². The van der Waals surface area contributed by atoms with Gasteiger partial charge in [-0.1, -0.05) is 266 Å². The van der Waals surface area contributed by atoms with Crippen LogP contribution in [0.1, 0.15) is 180 Å². The zero-order chi connectivity index (χ0) is 58.5. The van der Waals surface area contributed by atoms with Crippen molar-refractivity contribution in [1.29, 1.82) is 0 Å². The van der Waals surface area contributed by atoms with E-state index in [1.165, 1.54) is 187 Å². The van der Waals surface area contributed by atoms with Crippen molar-refractivity contribution in [1.82, 2.24) is 0 Å². The van der Waals surface area contributed by atoms with Crippen molar-refractivity contribution in [3.8, 4) is 66.8 Å². The van der Waals surface area contributed by atoms with E-state index in [1.807, 2.05) is 0 Å². The van der Waals surface area contributed by atoms with E-state index >= 15 is 0 Å². The number of rotatable bonds is 2. The Morgan fingerprint density at radius 2 is 0.537 bits per heavy atom. The Balaban J connectivity index is 1.30. The standard InChI is InChI=1S/C80H84B2/c1-41-23-25-63-47(27-41)55-29-43(3)31-57-51-37-49(67-59(77(11,12)13)33-45(75(5,6)7)34-60(67)78(14,15)16)54-40-66-70-52(58-32-44(4)30-56-48-28-42(2)24-26-64(48)82(66)74(56)58)38-50(53-39-65(81(63)73(55)57)69(51)71(54)72(53)70)68-61(79(17,18)19)35-46(76(8,9)10)36-62(68)80(20,21)22/h23-40H,1-22H3. The van der Waals surface area contributed by atoms with E-state index in [1.54, 1.807) is 0 Å². The van der Waals surface area contributed by atoms with Gasteiger partial charge in [0.05, 0.1) is 0 Å². The molecule has 0 amide bonds. The summed E-state index contributed by atoms with van der Waals surface area (Å²) in [5.74, 6) is 0. The van der Waals surface area contributed by atoms with Crippen LogP contribution in [-0.4, -0.2) is 13.4 Å². The van der Waals surface area contributed by atoms with Crippen molar-refractivity contribution in [2.45, 2.75) is 185 Å². The summed E-state index contributed by atoms with van der Waals surface area (Å²) in [7, 11) is 0. The van der Waals surface area contributed by atoms with Crippen LogP contribution in [0.3, 0.4) is 0 Å². The van der Waals surface area contributed by atoms with Gasteiger partial charge in [0, 0.05) is 0 Å². The van der Waals surface area contributed by atoms with Gasteiger partial charge in [0.15, 0.2) is 0 Å². The molecule has 4 aliphatic rings. The highest BCUT2D eigenvalue weighted by atomic mass is 14.4. The summed E-state index contributed by atoms with van der Waals surface area (Å²) in [6, 6.07) is 46.3. The van der Waals surface area contributed by atoms with Crippen molar-refractivity contribution < 1.29 is 0 Å². The van der Waals surface area contributed by atoms with Crippen LogP contribution >= 0.6 is 0 Å². The number of aryl methyl sites for hydroxylation is 4. The van der Waals surface area contributed by atoms with Gasteiger partial charge < -0.3 is 0 Å². The summed E-state index contributed by atoms with van der Waals surface area (Å²) in [6.07, 6.45) is 0. The number of benzene rings is 10. The van der Waals surface area contributed by atoms with Gasteiger partial charge in [-0.25, -0.2) is 0 Å². The summed E-state index contributed by atoms with van der Waals surface area (Å²) >= 11 is 0. The van der Waals surface area contributed by atoms with Gasteiger partial charge in [-0.3, -0.25) is 0 Å². The van der Waals surface area contributed by atoms with Crippen LogP contribution in [0.25, 0.3) is 99.1 Å². The summed E-state index contributed by atoms with van der Waals surface area (Å²) < 4.78 is 0. The van der Waals surface area contributed by atoms with Crippen LogP contribution in [0.4, 0.5) is 0 Å². The Bertz CT molecular complexity index is 4160. The van der Waals surface area contributed by atoms with Crippen LogP contribution in [0.5, 0.6) is 0 Å². The Morgan fingerprint density at radius 1 is 0.244 bits per heavy atom. The molecule has 0 saturated carbocycles. The average molecular weight is 1070 g/mol. The minimum absolute atomic E-state index is 0.0376. The second-order valence-corrected chi connectivity index (χ2v) is 32.5. The highest BCUT2D eigenvalue weighted by molar-refractivity contribution is 7.03. The lowest BCUT2D eigenvalue weighted by Gasteiger charge is -2.37. The molecule has 4 aliphatic heterocycles. The van der Waals surface area contributed by atoms with Gasteiger partial charge in [0.2, 0.25) is 13.4 Å².